The third kappa shape index (κ3) is 3.07. The van der Waals surface area contributed by atoms with E-state index >= 15 is 0 Å². The van der Waals surface area contributed by atoms with E-state index < -0.39 is 35.5 Å². The van der Waals surface area contributed by atoms with Gasteiger partial charge in [0.05, 0.1) is 0 Å². The van der Waals surface area contributed by atoms with Gasteiger partial charge in [0, 0.05) is 18.9 Å². The van der Waals surface area contributed by atoms with Gasteiger partial charge in [0.25, 0.3) is 0 Å². The highest BCUT2D eigenvalue weighted by Crippen LogP contribution is 2.14. The van der Waals surface area contributed by atoms with E-state index in [1.165, 1.54) is 24.3 Å². The topological polar surface area (TPSA) is 135 Å². The second-order valence-electron chi connectivity index (χ2n) is 4.34. The fourth-order valence-corrected chi connectivity index (χ4v) is 1.54. The predicted molar refractivity (Wildman–Crippen MR) is 67.3 cm³/mol. The standard InChI is InChI=1S/C13H13NO6/c1-7(15)10(16)9-4-2-8(3-5-9)6-13(14,11(17)18)12(19)20/h2-5H,6,14H2,1H3,(H,17,18)(H,19,20). The Kier molecular flexibility index (Phi) is 4.36. The average molecular weight is 279 g/mol. The van der Waals surface area contributed by atoms with Crippen LogP contribution in [0.3, 0.4) is 0 Å². The Balaban J connectivity index is 3.00. The molecule has 7 heteroatoms. The molecule has 7 nitrogen and oxygen atoms in total. The third-order valence-electron chi connectivity index (χ3n) is 2.78. The Morgan fingerprint density at radius 2 is 1.50 bits per heavy atom. The third-order valence-corrected chi connectivity index (χ3v) is 2.78. The highest BCUT2D eigenvalue weighted by molar-refractivity contribution is 6.42. The van der Waals surface area contributed by atoms with Crippen molar-refractivity contribution in [3.8, 4) is 0 Å². The van der Waals surface area contributed by atoms with Crippen molar-refractivity contribution in [3.63, 3.8) is 0 Å². The number of benzene rings is 1. The van der Waals surface area contributed by atoms with E-state index in [0.717, 1.165) is 6.92 Å². The number of Topliss-reactive ketones (excluding diaryl/α,β-unsaturated/α-hetero) is 2. The minimum absolute atomic E-state index is 0.148. The van der Waals surface area contributed by atoms with Crippen molar-refractivity contribution in [2.45, 2.75) is 18.9 Å². The van der Waals surface area contributed by atoms with E-state index in [9.17, 15) is 19.2 Å². The van der Waals surface area contributed by atoms with Gasteiger partial charge in [0.1, 0.15) is 0 Å². The summed E-state index contributed by atoms with van der Waals surface area (Å²) in [5.41, 5.74) is 3.38. The van der Waals surface area contributed by atoms with Gasteiger partial charge >= 0.3 is 11.9 Å². The van der Waals surface area contributed by atoms with Crippen molar-refractivity contribution in [2.75, 3.05) is 0 Å². The van der Waals surface area contributed by atoms with Gasteiger partial charge in [-0.1, -0.05) is 24.3 Å². The first-order chi connectivity index (χ1) is 9.18. The molecule has 106 valence electrons. The van der Waals surface area contributed by atoms with Gasteiger partial charge in [-0.25, -0.2) is 9.59 Å². The van der Waals surface area contributed by atoms with Crippen LogP contribution in [0.2, 0.25) is 0 Å². The Morgan fingerprint density at radius 1 is 1.05 bits per heavy atom. The number of carbonyl (C=O) groups excluding carboxylic acids is 2. The van der Waals surface area contributed by atoms with Crippen molar-refractivity contribution in [3.05, 3.63) is 35.4 Å². The highest BCUT2D eigenvalue weighted by Gasteiger charge is 2.42. The molecule has 0 atom stereocenters. The number of hydrogen-bond acceptors (Lipinski definition) is 5. The molecule has 0 bridgehead atoms. The van der Waals surface area contributed by atoms with Gasteiger partial charge in [-0.05, 0) is 5.56 Å². The number of hydrogen-bond donors (Lipinski definition) is 3. The smallest absolute Gasteiger partial charge is 0.335 e. The number of aliphatic carboxylic acids is 2. The number of rotatable bonds is 6. The summed E-state index contributed by atoms with van der Waals surface area (Å²) in [6.07, 6.45) is -0.438. The number of carboxylic acids is 2. The molecule has 4 N–H and O–H groups in total. The van der Waals surface area contributed by atoms with Gasteiger partial charge < -0.3 is 15.9 Å². The lowest BCUT2D eigenvalue weighted by Crippen LogP contribution is -2.56. The van der Waals surface area contributed by atoms with Crippen LogP contribution in [-0.2, 0) is 20.8 Å². The zero-order valence-electron chi connectivity index (χ0n) is 10.6. The Labute approximate surface area is 114 Å². The van der Waals surface area contributed by atoms with E-state index in [4.69, 9.17) is 15.9 Å². The van der Waals surface area contributed by atoms with Gasteiger partial charge in [0.15, 0.2) is 5.78 Å². The van der Waals surface area contributed by atoms with E-state index in [-0.39, 0.29) is 5.56 Å². The quantitative estimate of drug-likeness (QED) is 0.375. The number of carboxylic acid groups (broad SMARTS) is 2. The summed E-state index contributed by atoms with van der Waals surface area (Å²) < 4.78 is 0. The van der Waals surface area contributed by atoms with Crippen LogP contribution in [0, 0.1) is 0 Å². The molecule has 0 radical (unpaired) electrons. The summed E-state index contributed by atoms with van der Waals surface area (Å²) in [4.78, 5) is 44.2. The van der Waals surface area contributed by atoms with Crippen LogP contribution in [0.4, 0.5) is 0 Å². The molecule has 0 spiro atoms. The van der Waals surface area contributed by atoms with Crippen LogP contribution in [0.1, 0.15) is 22.8 Å². The van der Waals surface area contributed by atoms with Gasteiger partial charge in [-0.2, -0.15) is 0 Å². The monoisotopic (exact) mass is 279 g/mol. The van der Waals surface area contributed by atoms with Crippen LogP contribution in [0.15, 0.2) is 24.3 Å². The van der Waals surface area contributed by atoms with Gasteiger partial charge in [-0.15, -0.1) is 0 Å². The van der Waals surface area contributed by atoms with E-state index in [1.807, 2.05) is 0 Å². The molecule has 0 aliphatic heterocycles. The Hall–Kier alpha value is -2.54. The molecule has 0 amide bonds. The lowest BCUT2D eigenvalue weighted by molar-refractivity contribution is -0.156. The molecular formula is C13H13NO6. The maximum absolute atomic E-state index is 11.4. The molecule has 1 rings (SSSR count). The summed E-state index contributed by atoms with van der Waals surface area (Å²) in [6, 6.07) is 5.37. The van der Waals surface area contributed by atoms with Crippen LogP contribution in [0.5, 0.6) is 0 Å². The molecule has 0 saturated heterocycles. The van der Waals surface area contributed by atoms with Crippen molar-refractivity contribution in [2.24, 2.45) is 5.73 Å². The summed E-state index contributed by atoms with van der Waals surface area (Å²) in [5.74, 6) is -4.61. The molecule has 1 aromatic rings. The van der Waals surface area contributed by atoms with Crippen molar-refractivity contribution >= 4 is 23.5 Å². The minimum Gasteiger partial charge on any atom is -0.479 e. The fourth-order valence-electron chi connectivity index (χ4n) is 1.54. The summed E-state index contributed by atoms with van der Waals surface area (Å²) in [6.45, 7) is 1.13. The second-order valence-corrected chi connectivity index (χ2v) is 4.34. The first-order valence-corrected chi connectivity index (χ1v) is 5.58. The minimum atomic E-state index is -2.44. The molecular weight excluding hydrogens is 266 g/mol. The zero-order chi connectivity index (χ0) is 15.5. The van der Waals surface area contributed by atoms with Crippen molar-refractivity contribution in [1.29, 1.82) is 0 Å². The predicted octanol–water partition coefficient (Wildman–Crippen LogP) is -0.133. The zero-order valence-corrected chi connectivity index (χ0v) is 10.6. The van der Waals surface area contributed by atoms with Gasteiger partial charge in [0.2, 0.25) is 11.3 Å². The maximum atomic E-state index is 11.4. The lowest BCUT2D eigenvalue weighted by Gasteiger charge is -2.19. The largest absolute Gasteiger partial charge is 0.479 e. The second kappa shape index (κ2) is 5.62. The SMILES string of the molecule is CC(=O)C(=O)c1ccc(CC(N)(C(=O)O)C(=O)O)cc1. The Morgan fingerprint density at radius 3 is 1.85 bits per heavy atom. The first-order valence-electron chi connectivity index (χ1n) is 5.58. The lowest BCUT2D eigenvalue weighted by atomic mass is 9.91. The highest BCUT2D eigenvalue weighted by atomic mass is 16.4. The number of nitrogens with two attached hydrogens (primary N) is 1. The van der Waals surface area contributed by atoms with Crippen LogP contribution in [-0.4, -0.2) is 39.3 Å². The van der Waals surface area contributed by atoms with Crippen molar-refractivity contribution in [1.82, 2.24) is 0 Å². The summed E-state index contributed by atoms with van der Waals surface area (Å²) in [5, 5.41) is 17.8. The van der Waals surface area contributed by atoms with Crippen LogP contribution < -0.4 is 5.73 Å². The average Bonchev–Trinajstić information content (AvgIpc) is 2.38. The van der Waals surface area contributed by atoms with Crippen LogP contribution in [0.25, 0.3) is 0 Å². The van der Waals surface area contributed by atoms with Crippen molar-refractivity contribution < 1.29 is 29.4 Å². The number of ketones is 2. The molecule has 0 heterocycles. The molecule has 0 aliphatic carbocycles. The summed E-state index contributed by atoms with van der Waals surface area (Å²) >= 11 is 0. The molecule has 0 aromatic heterocycles. The number of carbonyl (C=O) groups is 4. The molecule has 0 unspecified atom stereocenters. The fraction of sp³-hybridized carbons (Fsp3) is 0.231. The molecule has 1 aromatic carbocycles. The Bertz CT molecular complexity index is 561. The van der Waals surface area contributed by atoms with E-state index in [1.54, 1.807) is 0 Å². The molecule has 0 fully saturated rings. The molecule has 0 aliphatic rings. The van der Waals surface area contributed by atoms with E-state index in [2.05, 4.69) is 0 Å². The van der Waals surface area contributed by atoms with E-state index in [0.29, 0.717) is 5.56 Å². The maximum Gasteiger partial charge on any atom is 0.335 e. The normalized spacial score (nSPS) is 10.9. The first kappa shape index (κ1) is 15.5. The van der Waals surface area contributed by atoms with Crippen LogP contribution >= 0.6 is 0 Å². The molecule has 20 heavy (non-hydrogen) atoms. The summed E-state index contributed by atoms with van der Waals surface area (Å²) in [7, 11) is 0. The van der Waals surface area contributed by atoms with Gasteiger partial charge in [-0.3, -0.25) is 9.59 Å². The molecule has 0 saturated carbocycles.